The molecule has 1 aliphatic heterocycles. The van der Waals surface area contributed by atoms with E-state index in [9.17, 15) is 0 Å². The number of rotatable bonds is 1. The Labute approximate surface area is 90.1 Å². The van der Waals surface area contributed by atoms with E-state index in [1.165, 1.54) is 0 Å². The Morgan fingerprint density at radius 3 is 2.69 bits per heavy atom. The fraction of sp³-hybridized carbons (Fsp3) is 0.333. The van der Waals surface area contributed by atoms with Crippen LogP contribution in [0.4, 0.5) is 0 Å². The van der Waals surface area contributed by atoms with Crippen molar-refractivity contribution in [3.63, 3.8) is 0 Å². The largest absolute Gasteiger partial charge is 0.377 e. The summed E-state index contributed by atoms with van der Waals surface area (Å²) in [6.45, 7) is 1.09. The minimum atomic E-state index is -0.388. The first-order valence-corrected chi connectivity index (χ1v) is 5.11. The van der Waals surface area contributed by atoms with Gasteiger partial charge in [-0.15, -0.1) is 0 Å². The maximum Gasteiger partial charge on any atom is 0.0898 e. The second-order valence-electron chi connectivity index (χ2n) is 3.27. The summed E-state index contributed by atoms with van der Waals surface area (Å²) in [6, 6.07) is 5.69. The fourth-order valence-electron chi connectivity index (χ4n) is 1.36. The number of nitrogens with two attached hydrogens (primary N) is 1. The third kappa shape index (κ3) is 1.62. The van der Waals surface area contributed by atoms with Crippen LogP contribution >= 0.6 is 27.5 Å². The minimum absolute atomic E-state index is 0.388. The lowest BCUT2D eigenvalue weighted by molar-refractivity contribution is -0.0568. The summed E-state index contributed by atoms with van der Waals surface area (Å²) in [5, 5.41) is 0.703. The van der Waals surface area contributed by atoms with E-state index in [0.29, 0.717) is 18.2 Å². The third-order valence-corrected chi connectivity index (χ3v) is 3.01. The van der Waals surface area contributed by atoms with E-state index < -0.39 is 0 Å². The summed E-state index contributed by atoms with van der Waals surface area (Å²) in [6.07, 6.45) is 0. The normalized spacial score (nSPS) is 19.6. The molecule has 1 aromatic carbocycles. The molecule has 13 heavy (non-hydrogen) atoms. The van der Waals surface area contributed by atoms with Crippen molar-refractivity contribution in [3.05, 3.63) is 33.3 Å². The van der Waals surface area contributed by atoms with Crippen molar-refractivity contribution in [1.29, 1.82) is 0 Å². The monoisotopic (exact) mass is 261 g/mol. The van der Waals surface area contributed by atoms with Crippen LogP contribution in [0, 0.1) is 0 Å². The number of hydrogen-bond donors (Lipinski definition) is 1. The molecule has 1 saturated heterocycles. The van der Waals surface area contributed by atoms with Crippen molar-refractivity contribution < 1.29 is 4.74 Å². The van der Waals surface area contributed by atoms with Gasteiger partial charge in [0.15, 0.2) is 0 Å². The van der Waals surface area contributed by atoms with Gasteiger partial charge in [-0.2, -0.15) is 0 Å². The maximum atomic E-state index is 6.06. The molecule has 1 fully saturated rings. The zero-order valence-electron chi connectivity index (χ0n) is 6.89. The maximum absolute atomic E-state index is 6.06. The second kappa shape index (κ2) is 3.24. The molecule has 2 nitrogen and oxygen atoms in total. The van der Waals surface area contributed by atoms with E-state index in [2.05, 4.69) is 15.9 Å². The SMILES string of the molecule is NC1(c2cc(Br)ccc2Cl)COC1. The van der Waals surface area contributed by atoms with Crippen molar-refractivity contribution in [2.24, 2.45) is 5.73 Å². The molecular formula is C9H9BrClNO. The zero-order valence-corrected chi connectivity index (χ0v) is 9.23. The predicted molar refractivity (Wildman–Crippen MR) is 55.8 cm³/mol. The standard InChI is InChI=1S/C9H9BrClNO/c10-6-1-2-8(11)7(3-6)9(12)4-13-5-9/h1-3H,4-5,12H2. The smallest absolute Gasteiger partial charge is 0.0898 e. The van der Waals surface area contributed by atoms with E-state index in [-0.39, 0.29) is 5.54 Å². The van der Waals surface area contributed by atoms with Crippen LogP contribution < -0.4 is 5.73 Å². The first kappa shape index (κ1) is 9.46. The molecule has 1 aliphatic rings. The molecule has 1 heterocycles. The van der Waals surface area contributed by atoms with Gasteiger partial charge in [-0.3, -0.25) is 0 Å². The molecule has 1 aromatic rings. The van der Waals surface area contributed by atoms with Crippen molar-refractivity contribution in [1.82, 2.24) is 0 Å². The van der Waals surface area contributed by atoms with Gasteiger partial charge in [0.25, 0.3) is 0 Å². The lowest BCUT2D eigenvalue weighted by Gasteiger charge is -2.38. The highest BCUT2D eigenvalue weighted by Gasteiger charge is 2.37. The van der Waals surface area contributed by atoms with E-state index in [1.807, 2.05) is 18.2 Å². The van der Waals surface area contributed by atoms with Crippen LogP contribution in [0.2, 0.25) is 5.02 Å². The summed E-state index contributed by atoms with van der Waals surface area (Å²) < 4.78 is 6.08. The van der Waals surface area contributed by atoms with Crippen molar-refractivity contribution in [2.75, 3.05) is 13.2 Å². The molecule has 2 N–H and O–H groups in total. The summed E-state index contributed by atoms with van der Waals surface area (Å²) >= 11 is 9.42. The molecule has 0 unspecified atom stereocenters. The average Bonchev–Trinajstić information content (AvgIpc) is 2.05. The Morgan fingerprint density at radius 2 is 2.15 bits per heavy atom. The molecule has 0 aromatic heterocycles. The number of hydrogen-bond acceptors (Lipinski definition) is 2. The zero-order chi connectivity index (χ0) is 9.47. The summed E-state index contributed by atoms with van der Waals surface area (Å²) in [5.74, 6) is 0. The van der Waals surface area contributed by atoms with Gasteiger partial charge in [0.05, 0.1) is 18.8 Å². The van der Waals surface area contributed by atoms with Crippen LogP contribution in [0.5, 0.6) is 0 Å². The van der Waals surface area contributed by atoms with E-state index in [0.717, 1.165) is 10.0 Å². The molecule has 0 atom stereocenters. The number of benzene rings is 1. The van der Waals surface area contributed by atoms with E-state index in [4.69, 9.17) is 22.1 Å². The van der Waals surface area contributed by atoms with Crippen LogP contribution in [-0.2, 0) is 10.3 Å². The quantitative estimate of drug-likeness (QED) is 0.843. The molecule has 0 radical (unpaired) electrons. The van der Waals surface area contributed by atoms with Crippen molar-refractivity contribution >= 4 is 27.5 Å². The molecule has 0 spiro atoms. The topological polar surface area (TPSA) is 35.2 Å². The predicted octanol–water partition coefficient (Wildman–Crippen LogP) is 2.29. The summed E-state index contributed by atoms with van der Waals surface area (Å²) in [5.41, 5.74) is 6.63. The van der Waals surface area contributed by atoms with Crippen molar-refractivity contribution in [3.8, 4) is 0 Å². The van der Waals surface area contributed by atoms with Crippen LogP contribution in [0.1, 0.15) is 5.56 Å². The minimum Gasteiger partial charge on any atom is -0.377 e. The Hall–Kier alpha value is -0.0900. The highest BCUT2D eigenvalue weighted by Crippen LogP contribution is 2.33. The van der Waals surface area contributed by atoms with E-state index >= 15 is 0 Å². The van der Waals surface area contributed by atoms with Gasteiger partial charge >= 0.3 is 0 Å². The molecule has 0 saturated carbocycles. The van der Waals surface area contributed by atoms with E-state index in [1.54, 1.807) is 0 Å². The highest BCUT2D eigenvalue weighted by molar-refractivity contribution is 9.10. The summed E-state index contributed by atoms with van der Waals surface area (Å²) in [7, 11) is 0. The van der Waals surface area contributed by atoms with Crippen molar-refractivity contribution in [2.45, 2.75) is 5.54 Å². The second-order valence-corrected chi connectivity index (χ2v) is 4.60. The Balaban J connectivity index is 2.43. The highest BCUT2D eigenvalue weighted by atomic mass is 79.9. The summed E-state index contributed by atoms with van der Waals surface area (Å²) in [4.78, 5) is 0. The lowest BCUT2D eigenvalue weighted by Crippen LogP contribution is -2.54. The fourth-order valence-corrected chi connectivity index (χ4v) is 2.02. The van der Waals surface area contributed by atoms with Crippen LogP contribution in [0.3, 0.4) is 0 Å². The van der Waals surface area contributed by atoms with Gasteiger partial charge in [0.2, 0.25) is 0 Å². The molecule has 0 amide bonds. The Bertz CT molecular complexity index is 338. The van der Waals surface area contributed by atoms with Gasteiger partial charge in [-0.05, 0) is 23.8 Å². The first-order chi connectivity index (χ1) is 6.12. The van der Waals surface area contributed by atoms with Crippen LogP contribution in [0.15, 0.2) is 22.7 Å². The lowest BCUT2D eigenvalue weighted by atomic mass is 9.89. The van der Waals surface area contributed by atoms with Crippen LogP contribution in [-0.4, -0.2) is 13.2 Å². The van der Waals surface area contributed by atoms with Gasteiger partial charge in [0, 0.05) is 9.50 Å². The molecular weight excluding hydrogens is 253 g/mol. The molecule has 70 valence electrons. The Morgan fingerprint density at radius 1 is 1.46 bits per heavy atom. The number of halogens is 2. The average molecular weight is 263 g/mol. The van der Waals surface area contributed by atoms with Gasteiger partial charge in [-0.25, -0.2) is 0 Å². The van der Waals surface area contributed by atoms with Crippen LogP contribution in [0.25, 0.3) is 0 Å². The number of ether oxygens (including phenoxy) is 1. The van der Waals surface area contributed by atoms with Gasteiger partial charge in [-0.1, -0.05) is 27.5 Å². The van der Waals surface area contributed by atoms with Gasteiger partial charge < -0.3 is 10.5 Å². The third-order valence-electron chi connectivity index (χ3n) is 2.18. The first-order valence-electron chi connectivity index (χ1n) is 3.94. The molecule has 0 aliphatic carbocycles. The molecule has 0 bridgehead atoms. The Kier molecular flexibility index (Phi) is 2.36. The molecule has 4 heteroatoms. The molecule has 2 rings (SSSR count). The van der Waals surface area contributed by atoms with Gasteiger partial charge in [0.1, 0.15) is 0 Å².